The number of halogens is 3. The van der Waals surface area contributed by atoms with Gasteiger partial charge in [0.05, 0.1) is 10.0 Å². The summed E-state index contributed by atoms with van der Waals surface area (Å²) in [7, 11) is -2.34. The standard InChI is InChI=1S/C17H27Cl3O2Si/c1-4-5-6-7-8-9-10-13-21-23(2,3)22-17-15(19)12-11-14(18)16(17)20/h11-12H,4-10,13H2,1-3H3. The average Bonchev–Trinajstić information content (AvgIpc) is 2.50. The minimum atomic E-state index is -2.34. The molecular formula is C17H27Cl3O2Si. The van der Waals surface area contributed by atoms with Crippen LogP contribution in [-0.4, -0.2) is 15.2 Å². The van der Waals surface area contributed by atoms with Gasteiger partial charge in [0.25, 0.3) is 0 Å². The summed E-state index contributed by atoms with van der Waals surface area (Å²) < 4.78 is 11.9. The second-order valence-corrected chi connectivity index (χ2v) is 10.6. The fourth-order valence-corrected chi connectivity index (χ4v) is 4.38. The van der Waals surface area contributed by atoms with E-state index >= 15 is 0 Å². The molecule has 1 aromatic rings. The van der Waals surface area contributed by atoms with Crippen molar-refractivity contribution in [2.24, 2.45) is 0 Å². The van der Waals surface area contributed by atoms with Crippen LogP contribution in [0.3, 0.4) is 0 Å². The summed E-state index contributed by atoms with van der Waals surface area (Å²) >= 11 is 18.3. The zero-order chi connectivity index (χ0) is 17.3. The lowest BCUT2D eigenvalue weighted by Crippen LogP contribution is -2.38. The van der Waals surface area contributed by atoms with E-state index in [0.29, 0.717) is 27.4 Å². The van der Waals surface area contributed by atoms with E-state index in [1.807, 2.05) is 13.1 Å². The van der Waals surface area contributed by atoms with Crippen molar-refractivity contribution in [2.45, 2.75) is 65.0 Å². The molecule has 0 radical (unpaired) electrons. The molecule has 0 aliphatic rings. The summed E-state index contributed by atoms with van der Waals surface area (Å²) in [5.74, 6) is 0.428. The maximum atomic E-state index is 6.17. The quantitative estimate of drug-likeness (QED) is 0.219. The average molecular weight is 398 g/mol. The first-order chi connectivity index (χ1) is 10.9. The highest BCUT2D eigenvalue weighted by Gasteiger charge is 2.29. The van der Waals surface area contributed by atoms with Gasteiger partial charge < -0.3 is 8.85 Å². The van der Waals surface area contributed by atoms with Gasteiger partial charge >= 0.3 is 8.56 Å². The summed E-state index contributed by atoms with van der Waals surface area (Å²) in [5, 5.41) is 1.24. The molecule has 6 heteroatoms. The van der Waals surface area contributed by atoms with Crippen molar-refractivity contribution in [3.8, 4) is 5.75 Å². The molecule has 2 nitrogen and oxygen atoms in total. The fourth-order valence-electron chi connectivity index (χ4n) is 2.25. The Bertz CT molecular complexity index is 481. The van der Waals surface area contributed by atoms with Gasteiger partial charge in [0.15, 0.2) is 0 Å². The number of hydrogen-bond donors (Lipinski definition) is 0. The lowest BCUT2D eigenvalue weighted by atomic mass is 10.1. The fraction of sp³-hybridized carbons (Fsp3) is 0.647. The minimum absolute atomic E-state index is 0.347. The molecule has 1 aromatic carbocycles. The molecule has 0 atom stereocenters. The lowest BCUT2D eigenvalue weighted by Gasteiger charge is -2.25. The summed E-state index contributed by atoms with van der Waals surface area (Å²) in [4.78, 5) is 0. The monoisotopic (exact) mass is 396 g/mol. The number of unbranched alkanes of at least 4 members (excludes halogenated alkanes) is 6. The molecule has 0 aromatic heterocycles. The minimum Gasteiger partial charge on any atom is -0.518 e. The van der Waals surface area contributed by atoms with Crippen LogP contribution in [0.4, 0.5) is 0 Å². The van der Waals surface area contributed by atoms with E-state index in [2.05, 4.69) is 6.92 Å². The Kier molecular flexibility index (Phi) is 9.94. The highest BCUT2D eigenvalue weighted by atomic mass is 35.5. The zero-order valence-electron chi connectivity index (χ0n) is 14.3. The van der Waals surface area contributed by atoms with Crippen molar-refractivity contribution in [2.75, 3.05) is 6.61 Å². The largest absolute Gasteiger partial charge is 0.518 e. The molecule has 0 N–H and O–H groups in total. The van der Waals surface area contributed by atoms with E-state index < -0.39 is 8.56 Å². The molecule has 0 aliphatic carbocycles. The maximum Gasteiger partial charge on any atom is 0.392 e. The number of benzene rings is 1. The van der Waals surface area contributed by atoms with Crippen molar-refractivity contribution >= 4 is 43.4 Å². The van der Waals surface area contributed by atoms with Gasteiger partial charge in [-0.3, -0.25) is 0 Å². The Morgan fingerprint density at radius 1 is 0.870 bits per heavy atom. The second-order valence-electron chi connectivity index (χ2n) is 6.14. The predicted octanol–water partition coefficient (Wildman–Crippen LogP) is 7.49. The third-order valence-corrected chi connectivity index (χ3v) is 6.23. The Morgan fingerprint density at radius 2 is 1.43 bits per heavy atom. The zero-order valence-corrected chi connectivity index (χ0v) is 17.5. The molecule has 0 heterocycles. The van der Waals surface area contributed by atoms with E-state index in [4.69, 9.17) is 43.7 Å². The summed E-state index contributed by atoms with van der Waals surface area (Å²) in [6.07, 6.45) is 8.82. The Morgan fingerprint density at radius 3 is 2.09 bits per heavy atom. The molecule has 0 bridgehead atoms. The molecule has 0 aliphatic heterocycles. The van der Waals surface area contributed by atoms with Crippen LogP contribution in [0.15, 0.2) is 12.1 Å². The first-order valence-electron chi connectivity index (χ1n) is 8.34. The summed E-state index contributed by atoms with van der Waals surface area (Å²) in [6, 6.07) is 3.35. The summed E-state index contributed by atoms with van der Waals surface area (Å²) in [6.45, 7) is 6.92. The van der Waals surface area contributed by atoms with Crippen LogP contribution in [0.1, 0.15) is 51.9 Å². The van der Waals surface area contributed by atoms with E-state index in [-0.39, 0.29) is 0 Å². The second kappa shape index (κ2) is 10.8. The van der Waals surface area contributed by atoms with Gasteiger partial charge in [-0.05, 0) is 31.6 Å². The van der Waals surface area contributed by atoms with Crippen LogP contribution < -0.4 is 4.43 Å². The third-order valence-electron chi connectivity index (χ3n) is 3.55. The molecule has 0 unspecified atom stereocenters. The molecule has 0 saturated carbocycles. The van der Waals surface area contributed by atoms with Gasteiger partial charge in [0.1, 0.15) is 10.8 Å². The van der Waals surface area contributed by atoms with Crippen molar-refractivity contribution < 1.29 is 8.85 Å². The van der Waals surface area contributed by atoms with Gasteiger partial charge in [-0.1, -0.05) is 80.3 Å². The van der Waals surface area contributed by atoms with E-state index in [9.17, 15) is 0 Å². The molecule has 0 saturated heterocycles. The number of rotatable bonds is 11. The maximum absolute atomic E-state index is 6.17. The molecule has 0 spiro atoms. The Labute approximate surface area is 156 Å². The highest BCUT2D eigenvalue weighted by Crippen LogP contribution is 2.39. The molecule has 132 valence electrons. The Balaban J connectivity index is 2.35. The van der Waals surface area contributed by atoms with Gasteiger partial charge in [-0.2, -0.15) is 0 Å². The molecule has 0 fully saturated rings. The molecular weight excluding hydrogens is 371 g/mol. The van der Waals surface area contributed by atoms with Gasteiger partial charge in [-0.25, -0.2) is 0 Å². The van der Waals surface area contributed by atoms with E-state index in [0.717, 1.165) is 6.42 Å². The van der Waals surface area contributed by atoms with Crippen LogP contribution in [0.2, 0.25) is 28.2 Å². The third kappa shape index (κ3) is 8.13. The smallest absolute Gasteiger partial charge is 0.392 e. The van der Waals surface area contributed by atoms with Crippen LogP contribution in [-0.2, 0) is 4.43 Å². The van der Waals surface area contributed by atoms with Gasteiger partial charge in [0.2, 0.25) is 0 Å². The van der Waals surface area contributed by atoms with Crippen molar-refractivity contribution in [3.63, 3.8) is 0 Å². The van der Waals surface area contributed by atoms with Crippen LogP contribution >= 0.6 is 34.8 Å². The lowest BCUT2D eigenvalue weighted by molar-refractivity contribution is 0.241. The molecule has 23 heavy (non-hydrogen) atoms. The van der Waals surface area contributed by atoms with Crippen molar-refractivity contribution in [1.82, 2.24) is 0 Å². The van der Waals surface area contributed by atoms with Crippen LogP contribution in [0, 0.1) is 0 Å². The van der Waals surface area contributed by atoms with Crippen LogP contribution in [0.25, 0.3) is 0 Å². The Hall–Kier alpha value is 0.0669. The summed E-state index contributed by atoms with van der Waals surface area (Å²) in [5.41, 5.74) is 0. The molecule has 1 rings (SSSR count). The predicted molar refractivity (Wildman–Crippen MR) is 104 cm³/mol. The van der Waals surface area contributed by atoms with Crippen molar-refractivity contribution in [3.05, 3.63) is 27.2 Å². The van der Waals surface area contributed by atoms with Gasteiger partial charge in [0, 0.05) is 6.61 Å². The van der Waals surface area contributed by atoms with E-state index in [1.54, 1.807) is 12.1 Å². The topological polar surface area (TPSA) is 18.5 Å². The normalized spacial score (nSPS) is 11.7. The molecule has 0 amide bonds. The van der Waals surface area contributed by atoms with Gasteiger partial charge in [-0.15, -0.1) is 0 Å². The number of hydrogen-bond acceptors (Lipinski definition) is 2. The first-order valence-corrected chi connectivity index (χ1v) is 12.3. The van der Waals surface area contributed by atoms with Crippen molar-refractivity contribution in [1.29, 1.82) is 0 Å². The first kappa shape index (κ1) is 21.1. The highest BCUT2D eigenvalue weighted by molar-refractivity contribution is 6.65. The van der Waals surface area contributed by atoms with E-state index in [1.165, 1.54) is 38.5 Å². The van der Waals surface area contributed by atoms with Crippen LogP contribution in [0.5, 0.6) is 5.75 Å². The SMILES string of the molecule is CCCCCCCCCO[Si](C)(C)Oc1c(Cl)ccc(Cl)c1Cl.